The maximum Gasteiger partial charge on any atom is 0.182 e. The highest BCUT2D eigenvalue weighted by Gasteiger charge is 2.62. The zero-order valence-corrected chi connectivity index (χ0v) is 12.0. The van der Waals surface area contributed by atoms with Gasteiger partial charge in [0.05, 0.1) is 28.2 Å². The van der Waals surface area contributed by atoms with Crippen LogP contribution in [-0.2, 0) is 14.6 Å². The van der Waals surface area contributed by atoms with Gasteiger partial charge in [-0.1, -0.05) is 11.6 Å². The molecule has 19 heavy (non-hydrogen) atoms. The van der Waals surface area contributed by atoms with Crippen LogP contribution >= 0.6 is 11.6 Å². The quantitative estimate of drug-likeness (QED) is 0.837. The number of benzene rings is 1. The van der Waals surface area contributed by atoms with Crippen molar-refractivity contribution in [1.82, 2.24) is 0 Å². The lowest BCUT2D eigenvalue weighted by Crippen LogP contribution is -2.19. The molecule has 0 heterocycles. The lowest BCUT2D eigenvalue weighted by Gasteiger charge is -2.09. The van der Waals surface area contributed by atoms with Gasteiger partial charge in [-0.15, -0.1) is 0 Å². The van der Waals surface area contributed by atoms with Crippen LogP contribution in [0.4, 0.5) is 0 Å². The summed E-state index contributed by atoms with van der Waals surface area (Å²) in [6.45, 7) is 2.45. The topological polar surface area (TPSA) is 67.2 Å². The molecule has 0 amide bonds. The van der Waals surface area contributed by atoms with E-state index >= 15 is 0 Å². The molecule has 1 fully saturated rings. The number of rotatable bonds is 5. The first-order valence-corrected chi connectivity index (χ1v) is 7.87. The fourth-order valence-electron chi connectivity index (χ4n) is 2.05. The van der Waals surface area contributed by atoms with E-state index in [1.54, 1.807) is 0 Å². The average molecular weight is 300 g/mol. The first kappa shape index (κ1) is 14.3. The minimum absolute atomic E-state index is 0.164. The van der Waals surface area contributed by atoms with Crippen LogP contribution in [0, 0.1) is 16.7 Å². The van der Waals surface area contributed by atoms with Gasteiger partial charge >= 0.3 is 0 Å². The molecule has 1 aromatic carbocycles. The highest BCUT2D eigenvalue weighted by molar-refractivity contribution is 7.92. The molecule has 2 rings (SSSR count). The Labute approximate surface area is 117 Å². The average Bonchev–Trinajstić information content (AvgIpc) is 3.13. The standard InChI is InChI=1S/C13H14ClNO3S/c1-2-18-9-13(8-15)7-12(13)19(16,17)11-5-3-10(14)4-6-11/h3-6,12H,2,7,9H2,1H3/t12-,13-/m1/s1. The van der Waals surface area contributed by atoms with Crippen molar-refractivity contribution in [1.29, 1.82) is 5.26 Å². The van der Waals surface area contributed by atoms with Crippen molar-refractivity contribution in [2.24, 2.45) is 5.41 Å². The number of hydrogen-bond donors (Lipinski definition) is 0. The molecule has 0 N–H and O–H groups in total. The fourth-order valence-corrected chi connectivity index (χ4v) is 4.25. The van der Waals surface area contributed by atoms with Crippen LogP contribution in [0.2, 0.25) is 5.02 Å². The number of hydrogen-bond acceptors (Lipinski definition) is 4. The van der Waals surface area contributed by atoms with Gasteiger partial charge in [0.2, 0.25) is 0 Å². The van der Waals surface area contributed by atoms with Crippen LogP contribution in [0.3, 0.4) is 0 Å². The molecule has 0 radical (unpaired) electrons. The van der Waals surface area contributed by atoms with Crippen LogP contribution in [0.5, 0.6) is 0 Å². The molecule has 1 saturated carbocycles. The van der Waals surface area contributed by atoms with E-state index in [9.17, 15) is 13.7 Å². The summed E-state index contributed by atoms with van der Waals surface area (Å²) in [6.07, 6.45) is 0.328. The third kappa shape index (κ3) is 2.62. The Morgan fingerprint density at radius 1 is 1.47 bits per heavy atom. The van der Waals surface area contributed by atoms with Gasteiger partial charge in [0.15, 0.2) is 9.84 Å². The van der Waals surface area contributed by atoms with Crippen molar-refractivity contribution in [3.63, 3.8) is 0 Å². The van der Waals surface area contributed by atoms with Gasteiger partial charge in [0.25, 0.3) is 0 Å². The minimum atomic E-state index is -3.49. The van der Waals surface area contributed by atoms with Crippen molar-refractivity contribution in [3.8, 4) is 6.07 Å². The molecule has 6 heteroatoms. The largest absolute Gasteiger partial charge is 0.380 e. The monoisotopic (exact) mass is 299 g/mol. The Bertz CT molecular complexity index is 606. The maximum absolute atomic E-state index is 12.4. The summed E-state index contributed by atoms with van der Waals surface area (Å²) in [5.41, 5.74) is -0.894. The summed E-state index contributed by atoms with van der Waals surface area (Å²) in [5, 5.41) is 8.99. The van der Waals surface area contributed by atoms with Gasteiger partial charge in [-0.2, -0.15) is 5.26 Å². The van der Waals surface area contributed by atoms with E-state index in [2.05, 4.69) is 6.07 Å². The minimum Gasteiger partial charge on any atom is -0.380 e. The van der Waals surface area contributed by atoms with E-state index in [0.717, 1.165) is 0 Å². The summed E-state index contributed by atoms with van der Waals surface area (Å²) >= 11 is 5.74. The smallest absolute Gasteiger partial charge is 0.182 e. The molecular weight excluding hydrogens is 286 g/mol. The summed E-state index contributed by atoms with van der Waals surface area (Å²) in [6, 6.07) is 8.11. The van der Waals surface area contributed by atoms with Crippen molar-refractivity contribution in [3.05, 3.63) is 29.3 Å². The lowest BCUT2D eigenvalue weighted by atomic mass is 10.1. The zero-order valence-electron chi connectivity index (χ0n) is 10.5. The second kappa shape index (κ2) is 5.12. The number of ether oxygens (including phenoxy) is 1. The summed E-state index contributed by atoms with van der Waals surface area (Å²) in [5.74, 6) is 0. The van der Waals surface area contributed by atoms with Crippen molar-refractivity contribution >= 4 is 21.4 Å². The van der Waals surface area contributed by atoms with E-state index < -0.39 is 20.5 Å². The van der Waals surface area contributed by atoms with E-state index in [1.807, 2.05) is 6.92 Å². The second-order valence-corrected chi connectivity index (χ2v) is 7.16. The van der Waals surface area contributed by atoms with Gasteiger partial charge in [-0.25, -0.2) is 8.42 Å². The summed E-state index contributed by atoms with van der Waals surface area (Å²) in [4.78, 5) is 0.204. The van der Waals surface area contributed by atoms with E-state index in [1.165, 1.54) is 24.3 Å². The maximum atomic E-state index is 12.4. The van der Waals surface area contributed by atoms with Gasteiger partial charge in [0, 0.05) is 11.6 Å². The van der Waals surface area contributed by atoms with Crippen molar-refractivity contribution in [2.45, 2.75) is 23.5 Å². The predicted molar refractivity (Wildman–Crippen MR) is 71.6 cm³/mol. The Morgan fingerprint density at radius 2 is 2.11 bits per heavy atom. The van der Waals surface area contributed by atoms with E-state index in [-0.39, 0.29) is 11.5 Å². The first-order chi connectivity index (χ1) is 8.96. The van der Waals surface area contributed by atoms with Crippen LogP contribution in [-0.4, -0.2) is 26.9 Å². The summed E-state index contributed by atoms with van der Waals surface area (Å²) < 4.78 is 30.0. The molecule has 0 unspecified atom stereocenters. The number of nitrogens with zero attached hydrogens (tertiary/aromatic N) is 1. The number of sulfone groups is 1. The van der Waals surface area contributed by atoms with E-state index in [0.29, 0.717) is 18.1 Å². The molecular formula is C13H14ClNO3S. The van der Waals surface area contributed by atoms with E-state index in [4.69, 9.17) is 16.3 Å². The molecule has 1 aromatic rings. The second-order valence-electron chi connectivity index (χ2n) is 4.60. The molecule has 102 valence electrons. The molecule has 0 bridgehead atoms. The fraction of sp³-hybridized carbons (Fsp3) is 0.462. The summed E-state index contributed by atoms with van der Waals surface area (Å²) in [7, 11) is -3.49. The molecule has 4 nitrogen and oxygen atoms in total. The number of nitriles is 1. The van der Waals surface area contributed by atoms with Gasteiger partial charge < -0.3 is 4.74 Å². The highest BCUT2D eigenvalue weighted by Crippen LogP contribution is 2.52. The Morgan fingerprint density at radius 3 is 2.63 bits per heavy atom. The molecule has 0 aliphatic heterocycles. The Hall–Kier alpha value is -1.09. The van der Waals surface area contributed by atoms with Crippen LogP contribution in [0.15, 0.2) is 29.2 Å². The third-order valence-electron chi connectivity index (χ3n) is 3.31. The lowest BCUT2D eigenvalue weighted by molar-refractivity contribution is 0.119. The third-order valence-corrected chi connectivity index (χ3v) is 5.86. The first-order valence-electron chi connectivity index (χ1n) is 5.95. The molecule has 0 saturated heterocycles. The van der Waals surface area contributed by atoms with Crippen LogP contribution in [0.1, 0.15) is 13.3 Å². The van der Waals surface area contributed by atoms with Crippen LogP contribution in [0.25, 0.3) is 0 Å². The number of halogens is 1. The predicted octanol–water partition coefficient (Wildman–Crippen LogP) is 2.43. The molecule has 0 spiro atoms. The highest BCUT2D eigenvalue weighted by atomic mass is 35.5. The zero-order chi connectivity index (χ0) is 14.1. The van der Waals surface area contributed by atoms with Crippen LogP contribution < -0.4 is 0 Å². The molecule has 0 aromatic heterocycles. The Balaban J connectivity index is 2.23. The molecule has 2 atom stereocenters. The van der Waals surface area contributed by atoms with Gasteiger partial charge in [0.1, 0.15) is 0 Å². The normalized spacial score (nSPS) is 25.8. The molecule has 1 aliphatic carbocycles. The van der Waals surface area contributed by atoms with Crippen molar-refractivity contribution < 1.29 is 13.2 Å². The molecule has 1 aliphatic rings. The van der Waals surface area contributed by atoms with Crippen molar-refractivity contribution in [2.75, 3.05) is 13.2 Å². The Kier molecular flexibility index (Phi) is 3.86. The van der Waals surface area contributed by atoms with Gasteiger partial charge in [-0.3, -0.25) is 0 Å². The van der Waals surface area contributed by atoms with Gasteiger partial charge in [-0.05, 0) is 37.6 Å². The SMILES string of the molecule is CCOC[C@]1(C#N)C[C@H]1S(=O)(=O)c1ccc(Cl)cc1.